The lowest BCUT2D eigenvalue weighted by molar-refractivity contribution is 0.0982. The van der Waals surface area contributed by atoms with Crippen molar-refractivity contribution in [3.05, 3.63) is 114 Å². The van der Waals surface area contributed by atoms with Crippen molar-refractivity contribution in [2.75, 3.05) is 16.8 Å². The van der Waals surface area contributed by atoms with Gasteiger partial charge in [-0.3, -0.25) is 9.59 Å². The van der Waals surface area contributed by atoms with Crippen molar-refractivity contribution < 1.29 is 9.59 Å². The average Bonchev–Trinajstić information content (AvgIpc) is 3.04. The number of aryl methyl sites for hydroxylation is 1. The van der Waals surface area contributed by atoms with Gasteiger partial charge in [-0.1, -0.05) is 60.2 Å². The molecule has 1 aliphatic rings. The first-order chi connectivity index (χ1) is 16.6. The van der Waals surface area contributed by atoms with Crippen LogP contribution in [-0.2, 0) is 0 Å². The highest BCUT2D eigenvalue weighted by Crippen LogP contribution is 2.33. The molecule has 168 valence electrons. The van der Waals surface area contributed by atoms with Gasteiger partial charge < -0.3 is 10.2 Å². The van der Waals surface area contributed by atoms with Gasteiger partial charge in [0.1, 0.15) is 0 Å². The molecule has 4 aromatic carbocycles. The highest BCUT2D eigenvalue weighted by Gasteiger charge is 2.21. The third-order valence-corrected chi connectivity index (χ3v) is 6.25. The van der Waals surface area contributed by atoms with Gasteiger partial charge in [-0.2, -0.15) is 0 Å². The van der Waals surface area contributed by atoms with Crippen LogP contribution in [0.4, 0.5) is 17.1 Å². The predicted molar refractivity (Wildman–Crippen MR) is 138 cm³/mol. The van der Waals surface area contributed by atoms with E-state index in [9.17, 15) is 9.59 Å². The van der Waals surface area contributed by atoms with Crippen molar-refractivity contribution in [2.24, 2.45) is 0 Å². The second-order valence-corrected chi connectivity index (χ2v) is 8.61. The first-order valence-corrected chi connectivity index (χ1v) is 11.6. The first kappa shape index (κ1) is 21.7. The Bertz CT molecular complexity index is 1340. The van der Waals surface area contributed by atoms with E-state index in [0.717, 1.165) is 46.7 Å². The summed E-state index contributed by atoms with van der Waals surface area (Å²) in [5.41, 5.74) is 7.17. The average molecular weight is 447 g/mol. The van der Waals surface area contributed by atoms with Crippen LogP contribution in [0.1, 0.15) is 39.1 Å². The lowest BCUT2D eigenvalue weighted by Gasteiger charge is -2.25. The maximum absolute atomic E-state index is 13.1. The van der Waals surface area contributed by atoms with Crippen LogP contribution in [0.15, 0.2) is 97.1 Å². The zero-order chi connectivity index (χ0) is 23.5. The topological polar surface area (TPSA) is 49.4 Å². The molecule has 0 saturated carbocycles. The second kappa shape index (κ2) is 9.36. The maximum Gasteiger partial charge on any atom is 0.256 e. The number of Topliss-reactive ketones (excluding diaryl/α,β-unsaturated/α-hetero) is 1. The Morgan fingerprint density at radius 2 is 1.47 bits per heavy atom. The Labute approximate surface area is 199 Å². The van der Waals surface area contributed by atoms with Crippen molar-refractivity contribution in [3.63, 3.8) is 0 Å². The van der Waals surface area contributed by atoms with Crippen molar-refractivity contribution in [2.45, 2.75) is 19.8 Å². The number of anilines is 3. The van der Waals surface area contributed by atoms with Crippen LogP contribution in [0.2, 0.25) is 0 Å². The van der Waals surface area contributed by atoms with Crippen molar-refractivity contribution in [1.82, 2.24) is 0 Å². The number of carbonyl (C=O) groups excluding carboxylic acids is 2. The number of amides is 1. The fraction of sp³-hybridized carbons (Fsp3) is 0.133. The van der Waals surface area contributed by atoms with Gasteiger partial charge in [0.25, 0.3) is 5.91 Å². The van der Waals surface area contributed by atoms with Gasteiger partial charge in [0, 0.05) is 35.5 Å². The Balaban J connectivity index is 1.38. The van der Waals surface area contributed by atoms with Gasteiger partial charge in [-0.15, -0.1) is 0 Å². The number of carbonyl (C=O) groups is 2. The van der Waals surface area contributed by atoms with E-state index in [0.29, 0.717) is 12.0 Å². The summed E-state index contributed by atoms with van der Waals surface area (Å²) in [6.45, 7) is 2.83. The Kier molecular flexibility index (Phi) is 5.96. The van der Waals surface area contributed by atoms with E-state index < -0.39 is 0 Å². The highest BCUT2D eigenvalue weighted by molar-refractivity contribution is 6.09. The number of hydrogen-bond acceptors (Lipinski definition) is 3. The van der Waals surface area contributed by atoms with E-state index in [1.165, 1.54) is 5.56 Å². The molecule has 4 heteroatoms. The molecule has 1 amide bonds. The molecular formula is C30H26N2O2. The molecule has 0 fully saturated rings. The Hall–Kier alpha value is -4.18. The summed E-state index contributed by atoms with van der Waals surface area (Å²) in [5.74, 6) is 0.0452. The van der Waals surface area contributed by atoms with E-state index >= 15 is 0 Å². The summed E-state index contributed by atoms with van der Waals surface area (Å²) in [5, 5.41) is 3.04. The van der Waals surface area contributed by atoms with Gasteiger partial charge >= 0.3 is 0 Å². The van der Waals surface area contributed by atoms with E-state index in [1.54, 1.807) is 0 Å². The summed E-state index contributed by atoms with van der Waals surface area (Å²) >= 11 is 0. The van der Waals surface area contributed by atoms with Gasteiger partial charge in [0.2, 0.25) is 0 Å². The van der Waals surface area contributed by atoms with E-state index in [1.807, 2.05) is 91.9 Å². The summed E-state index contributed by atoms with van der Waals surface area (Å²) in [4.78, 5) is 27.8. The molecule has 4 nitrogen and oxygen atoms in total. The molecule has 0 bridgehead atoms. The molecule has 0 aromatic heterocycles. The molecule has 34 heavy (non-hydrogen) atoms. The molecule has 1 N–H and O–H groups in total. The monoisotopic (exact) mass is 446 g/mol. The second-order valence-electron chi connectivity index (χ2n) is 8.61. The van der Waals surface area contributed by atoms with Gasteiger partial charge in [-0.25, -0.2) is 0 Å². The number of nitrogens with one attached hydrogen (secondary N) is 1. The van der Waals surface area contributed by atoms with Crippen molar-refractivity contribution in [1.29, 1.82) is 0 Å². The zero-order valence-corrected chi connectivity index (χ0v) is 19.1. The summed E-state index contributed by atoms with van der Waals surface area (Å²) in [6, 6.07) is 31.4. The van der Waals surface area contributed by atoms with Crippen LogP contribution in [0, 0.1) is 6.92 Å². The number of nitrogens with zero attached hydrogens (tertiary/aromatic N) is 1. The van der Waals surface area contributed by atoms with Gasteiger partial charge in [-0.05, 0) is 66.9 Å². The number of ketones is 1. The third kappa shape index (κ3) is 4.35. The highest BCUT2D eigenvalue weighted by atomic mass is 16.1. The molecule has 1 aliphatic heterocycles. The standard InChI is InChI=1S/C30H26N2O2/c1-21-12-14-22(15-13-21)25-7-2-3-8-26(25)30(34)31-23-16-18-24(19-17-23)32-20-6-11-29(33)27-9-4-5-10-28(27)32/h2-5,7-10,12-19H,6,11,20H2,1H3,(H,31,34). The van der Waals surface area contributed by atoms with Crippen molar-refractivity contribution >= 4 is 28.8 Å². The summed E-state index contributed by atoms with van der Waals surface area (Å²) in [6.07, 6.45) is 1.36. The molecule has 0 atom stereocenters. The summed E-state index contributed by atoms with van der Waals surface area (Å²) in [7, 11) is 0. The lowest BCUT2D eigenvalue weighted by Crippen LogP contribution is -2.18. The Morgan fingerprint density at radius 1 is 0.794 bits per heavy atom. The minimum absolute atomic E-state index is 0.144. The molecule has 0 aliphatic carbocycles. The third-order valence-electron chi connectivity index (χ3n) is 6.25. The normalized spacial score (nSPS) is 13.2. The maximum atomic E-state index is 13.1. The van der Waals surface area contributed by atoms with E-state index in [-0.39, 0.29) is 11.7 Å². The fourth-order valence-electron chi connectivity index (χ4n) is 4.45. The number of hydrogen-bond donors (Lipinski definition) is 1. The molecule has 0 radical (unpaired) electrons. The minimum Gasteiger partial charge on any atom is -0.341 e. The minimum atomic E-state index is -0.144. The fourth-order valence-corrected chi connectivity index (χ4v) is 4.45. The molecule has 1 heterocycles. The first-order valence-electron chi connectivity index (χ1n) is 11.6. The van der Waals surface area contributed by atoms with Crippen LogP contribution in [0.5, 0.6) is 0 Å². The number of fused-ring (bicyclic) bond motifs is 1. The molecular weight excluding hydrogens is 420 g/mol. The summed E-state index contributed by atoms with van der Waals surface area (Å²) < 4.78 is 0. The molecule has 0 saturated heterocycles. The Morgan fingerprint density at radius 3 is 2.24 bits per heavy atom. The lowest BCUT2D eigenvalue weighted by atomic mass is 9.98. The van der Waals surface area contributed by atoms with Crippen LogP contribution in [-0.4, -0.2) is 18.2 Å². The molecule has 4 aromatic rings. The largest absolute Gasteiger partial charge is 0.341 e. The smallest absolute Gasteiger partial charge is 0.256 e. The SMILES string of the molecule is Cc1ccc(-c2ccccc2C(=O)Nc2ccc(N3CCCC(=O)c4ccccc43)cc2)cc1. The molecule has 5 rings (SSSR count). The van der Waals surface area contributed by atoms with E-state index in [2.05, 4.69) is 22.3 Å². The van der Waals surface area contributed by atoms with Crippen LogP contribution < -0.4 is 10.2 Å². The molecule has 0 unspecified atom stereocenters. The van der Waals surface area contributed by atoms with Crippen molar-refractivity contribution in [3.8, 4) is 11.1 Å². The van der Waals surface area contributed by atoms with Crippen LogP contribution >= 0.6 is 0 Å². The zero-order valence-electron chi connectivity index (χ0n) is 19.1. The van der Waals surface area contributed by atoms with Gasteiger partial charge in [0.05, 0.1) is 5.69 Å². The number of benzene rings is 4. The number of para-hydroxylation sites is 1. The number of rotatable bonds is 4. The molecule has 0 spiro atoms. The quantitative estimate of drug-likeness (QED) is 0.366. The van der Waals surface area contributed by atoms with E-state index in [4.69, 9.17) is 0 Å². The van der Waals surface area contributed by atoms with Crippen LogP contribution in [0.25, 0.3) is 11.1 Å². The predicted octanol–water partition coefficient (Wildman–Crippen LogP) is 7.03. The van der Waals surface area contributed by atoms with Crippen LogP contribution in [0.3, 0.4) is 0 Å². The van der Waals surface area contributed by atoms with Gasteiger partial charge in [0.15, 0.2) is 5.78 Å².